The largest absolute Gasteiger partial charge is 0.479 e. The van der Waals surface area contributed by atoms with E-state index in [1.807, 2.05) is 41.5 Å². The number of ether oxygens (including phenoxy) is 1. The molecule has 0 atom stereocenters. The van der Waals surface area contributed by atoms with Gasteiger partial charge in [0.1, 0.15) is 11.1 Å². The van der Waals surface area contributed by atoms with Crippen LogP contribution in [-0.4, -0.2) is 39.3 Å². The van der Waals surface area contributed by atoms with Gasteiger partial charge in [-0.3, -0.25) is 4.90 Å². The predicted molar refractivity (Wildman–Crippen MR) is 92.5 cm³/mol. The maximum absolute atomic E-state index is 12.8. The lowest BCUT2D eigenvalue weighted by Gasteiger charge is -2.45. The summed E-state index contributed by atoms with van der Waals surface area (Å²) >= 11 is 0. The zero-order chi connectivity index (χ0) is 18.6. The van der Waals surface area contributed by atoms with Gasteiger partial charge in [0.25, 0.3) is 0 Å². The van der Waals surface area contributed by atoms with Crippen molar-refractivity contribution in [3.8, 4) is 0 Å². The van der Waals surface area contributed by atoms with E-state index in [-0.39, 0.29) is 17.9 Å². The van der Waals surface area contributed by atoms with E-state index in [9.17, 15) is 14.7 Å². The lowest BCUT2D eigenvalue weighted by atomic mass is 9.79. The fourth-order valence-corrected chi connectivity index (χ4v) is 3.10. The Morgan fingerprint density at radius 2 is 1.35 bits per heavy atom. The van der Waals surface area contributed by atoms with Crippen LogP contribution in [0.15, 0.2) is 0 Å². The van der Waals surface area contributed by atoms with Crippen LogP contribution in [0.2, 0.25) is 0 Å². The van der Waals surface area contributed by atoms with Crippen LogP contribution in [0.1, 0.15) is 75.2 Å². The minimum Gasteiger partial charge on any atom is -0.479 e. The van der Waals surface area contributed by atoms with E-state index in [1.54, 1.807) is 20.8 Å². The molecule has 23 heavy (non-hydrogen) atoms. The molecule has 136 valence electrons. The maximum Gasteiger partial charge on any atom is 0.411 e. The minimum atomic E-state index is -1.25. The molecular formula is C18H35NO4. The monoisotopic (exact) mass is 329 g/mol. The minimum absolute atomic E-state index is 0.147. The Balaban J connectivity index is 6.00. The van der Waals surface area contributed by atoms with Crippen molar-refractivity contribution in [2.45, 2.75) is 92.3 Å². The lowest BCUT2D eigenvalue weighted by molar-refractivity contribution is -0.155. The molecule has 0 aromatic rings. The summed E-state index contributed by atoms with van der Waals surface area (Å²) in [6.45, 7) is 16.9. The Labute approximate surface area is 141 Å². The van der Waals surface area contributed by atoms with E-state index in [4.69, 9.17) is 4.74 Å². The summed E-state index contributed by atoms with van der Waals surface area (Å²) in [5.74, 6) is -0.665. The number of carbonyl (C=O) groups is 2. The fraction of sp³-hybridized carbons (Fsp3) is 0.889. The summed E-state index contributed by atoms with van der Waals surface area (Å²) in [6, 6.07) is -0.265. The normalized spacial score (nSPS) is 12.9. The molecule has 0 radical (unpaired) electrons. The molecule has 0 unspecified atom stereocenters. The third-order valence-electron chi connectivity index (χ3n) is 3.46. The van der Waals surface area contributed by atoms with Crippen LogP contribution in [-0.2, 0) is 9.53 Å². The van der Waals surface area contributed by atoms with E-state index >= 15 is 0 Å². The van der Waals surface area contributed by atoms with Crippen LogP contribution < -0.4 is 0 Å². The van der Waals surface area contributed by atoms with Gasteiger partial charge in [0, 0.05) is 6.04 Å². The van der Waals surface area contributed by atoms with Crippen molar-refractivity contribution < 1.29 is 19.4 Å². The average molecular weight is 329 g/mol. The van der Waals surface area contributed by atoms with Gasteiger partial charge in [0.2, 0.25) is 0 Å². The second kappa shape index (κ2) is 8.02. The highest BCUT2D eigenvalue weighted by atomic mass is 16.6. The van der Waals surface area contributed by atoms with Crippen LogP contribution in [0.5, 0.6) is 0 Å². The number of aliphatic carboxylic acids is 1. The van der Waals surface area contributed by atoms with Crippen molar-refractivity contribution in [3.63, 3.8) is 0 Å². The SMILES string of the molecule is CC(C)CC(CC(C)C)(C(=O)O)N(C(=O)OC(C)(C)C)C(C)C. The number of carbonyl (C=O) groups excluding carboxylic acids is 1. The fourth-order valence-electron chi connectivity index (χ4n) is 3.10. The van der Waals surface area contributed by atoms with Gasteiger partial charge in [-0.25, -0.2) is 9.59 Å². The lowest BCUT2D eigenvalue weighted by Crippen LogP contribution is -2.61. The van der Waals surface area contributed by atoms with Gasteiger partial charge in [0.05, 0.1) is 0 Å². The molecule has 0 bridgehead atoms. The number of nitrogens with zero attached hydrogens (tertiary/aromatic N) is 1. The Kier molecular flexibility index (Phi) is 7.58. The number of hydrogen-bond acceptors (Lipinski definition) is 3. The molecule has 0 heterocycles. The summed E-state index contributed by atoms with van der Waals surface area (Å²) in [5, 5.41) is 10.0. The Morgan fingerprint density at radius 1 is 0.957 bits per heavy atom. The standard InChI is InChI=1S/C18H35NO4/c1-12(2)10-18(15(20)21,11-13(3)4)19(14(5)6)16(22)23-17(7,8)9/h12-14H,10-11H2,1-9H3,(H,20,21). The highest BCUT2D eigenvalue weighted by molar-refractivity contribution is 5.84. The van der Waals surface area contributed by atoms with Crippen molar-refractivity contribution in [2.24, 2.45) is 11.8 Å². The van der Waals surface area contributed by atoms with Gasteiger partial charge in [-0.2, -0.15) is 0 Å². The van der Waals surface area contributed by atoms with E-state index in [0.717, 1.165) is 0 Å². The molecule has 5 nitrogen and oxygen atoms in total. The number of carboxylic acids is 1. The molecule has 0 rings (SSSR count). The number of rotatable bonds is 7. The summed E-state index contributed by atoms with van der Waals surface area (Å²) in [6.07, 6.45) is 0.242. The summed E-state index contributed by atoms with van der Waals surface area (Å²) in [7, 11) is 0. The van der Waals surface area contributed by atoms with Gasteiger partial charge in [-0.05, 0) is 59.3 Å². The first-order valence-corrected chi connectivity index (χ1v) is 8.48. The average Bonchev–Trinajstić information content (AvgIpc) is 2.22. The molecule has 0 spiro atoms. The molecule has 5 heteroatoms. The molecule has 0 aliphatic carbocycles. The van der Waals surface area contributed by atoms with Crippen molar-refractivity contribution in [1.82, 2.24) is 4.90 Å². The molecule has 0 fully saturated rings. The van der Waals surface area contributed by atoms with Gasteiger partial charge in [0.15, 0.2) is 0 Å². The molecule has 0 aliphatic rings. The van der Waals surface area contributed by atoms with Crippen LogP contribution in [0, 0.1) is 11.8 Å². The van der Waals surface area contributed by atoms with E-state index in [0.29, 0.717) is 12.8 Å². The molecule has 0 saturated heterocycles. The highest BCUT2D eigenvalue weighted by Crippen LogP contribution is 2.34. The topological polar surface area (TPSA) is 66.8 Å². The molecule has 0 saturated carbocycles. The third kappa shape index (κ3) is 6.40. The summed E-state index contributed by atoms with van der Waals surface area (Å²) in [4.78, 5) is 26.4. The Bertz CT molecular complexity index is 398. The highest BCUT2D eigenvalue weighted by Gasteiger charge is 2.49. The Morgan fingerprint density at radius 3 is 1.57 bits per heavy atom. The summed E-state index contributed by atoms with van der Waals surface area (Å²) < 4.78 is 5.50. The smallest absolute Gasteiger partial charge is 0.411 e. The van der Waals surface area contributed by atoms with E-state index < -0.39 is 23.2 Å². The van der Waals surface area contributed by atoms with Crippen LogP contribution in [0.25, 0.3) is 0 Å². The quantitative estimate of drug-likeness (QED) is 0.744. The molecule has 0 aromatic carbocycles. The molecule has 0 aromatic heterocycles. The van der Waals surface area contributed by atoms with Crippen molar-refractivity contribution in [1.29, 1.82) is 0 Å². The van der Waals surface area contributed by atoms with Crippen LogP contribution in [0.3, 0.4) is 0 Å². The van der Waals surface area contributed by atoms with E-state index in [2.05, 4.69) is 0 Å². The molecular weight excluding hydrogens is 294 g/mol. The number of hydrogen-bond donors (Lipinski definition) is 1. The van der Waals surface area contributed by atoms with Crippen molar-refractivity contribution in [2.75, 3.05) is 0 Å². The first kappa shape index (κ1) is 21.7. The zero-order valence-corrected chi connectivity index (χ0v) is 16.3. The first-order chi connectivity index (χ1) is 10.2. The summed E-state index contributed by atoms with van der Waals surface area (Å²) in [5.41, 5.74) is -1.91. The van der Waals surface area contributed by atoms with Gasteiger partial charge in [-0.1, -0.05) is 27.7 Å². The first-order valence-electron chi connectivity index (χ1n) is 8.48. The van der Waals surface area contributed by atoms with E-state index in [1.165, 1.54) is 4.90 Å². The van der Waals surface area contributed by atoms with Crippen LogP contribution >= 0.6 is 0 Å². The van der Waals surface area contributed by atoms with Gasteiger partial charge >= 0.3 is 12.1 Å². The third-order valence-corrected chi connectivity index (χ3v) is 3.46. The second-order valence-electron chi connectivity index (χ2n) is 8.48. The van der Waals surface area contributed by atoms with Crippen molar-refractivity contribution >= 4 is 12.1 Å². The van der Waals surface area contributed by atoms with Crippen molar-refractivity contribution in [3.05, 3.63) is 0 Å². The van der Waals surface area contributed by atoms with Gasteiger partial charge in [-0.15, -0.1) is 0 Å². The Hall–Kier alpha value is -1.26. The molecule has 1 amide bonds. The second-order valence-corrected chi connectivity index (χ2v) is 8.48. The number of amides is 1. The zero-order valence-electron chi connectivity index (χ0n) is 16.3. The molecule has 1 N–H and O–H groups in total. The van der Waals surface area contributed by atoms with Gasteiger partial charge < -0.3 is 9.84 Å². The number of carboxylic acid groups (broad SMARTS) is 1. The molecule has 0 aliphatic heterocycles. The maximum atomic E-state index is 12.8. The van der Waals surface area contributed by atoms with Crippen LogP contribution in [0.4, 0.5) is 4.79 Å². The predicted octanol–water partition coefficient (Wildman–Crippen LogP) is 4.55.